The third-order valence-corrected chi connectivity index (χ3v) is 4.92. The number of rotatable bonds is 4. The predicted molar refractivity (Wildman–Crippen MR) is 96.7 cm³/mol. The molecule has 1 unspecified atom stereocenters. The highest BCUT2D eigenvalue weighted by Gasteiger charge is 2.36. The van der Waals surface area contributed by atoms with Crippen LogP contribution in [-0.4, -0.2) is 42.1 Å². The van der Waals surface area contributed by atoms with Gasteiger partial charge in [-0.2, -0.15) is 5.10 Å². The van der Waals surface area contributed by atoms with Crippen molar-refractivity contribution in [1.82, 2.24) is 29.6 Å². The number of aryl methyl sites for hydroxylation is 1. The number of amides is 1. The van der Waals surface area contributed by atoms with Gasteiger partial charge >= 0.3 is 0 Å². The van der Waals surface area contributed by atoms with E-state index in [0.29, 0.717) is 12.1 Å². The molecular formula is C19H22N6O. The fraction of sp³-hybridized carbons (Fsp3) is 0.368. The number of nitrogens with one attached hydrogen (secondary N) is 1. The molecule has 0 fully saturated rings. The van der Waals surface area contributed by atoms with Crippen LogP contribution in [0.25, 0.3) is 0 Å². The summed E-state index contributed by atoms with van der Waals surface area (Å²) in [5.74, 6) is -0.0193. The molecule has 1 aliphatic rings. The highest BCUT2D eigenvalue weighted by molar-refractivity contribution is 5.95. The number of aromatic amines is 1. The highest BCUT2D eigenvalue weighted by Crippen LogP contribution is 2.33. The average Bonchev–Trinajstić information content (AvgIpc) is 3.28. The zero-order valence-corrected chi connectivity index (χ0v) is 15.0. The van der Waals surface area contributed by atoms with Crippen molar-refractivity contribution in [3.63, 3.8) is 0 Å². The van der Waals surface area contributed by atoms with E-state index in [1.54, 1.807) is 18.7 Å². The molecule has 4 heterocycles. The van der Waals surface area contributed by atoms with Crippen LogP contribution in [0, 0.1) is 6.92 Å². The van der Waals surface area contributed by atoms with E-state index in [4.69, 9.17) is 0 Å². The number of aromatic nitrogens is 5. The minimum absolute atomic E-state index is 0.0193. The fourth-order valence-corrected chi connectivity index (χ4v) is 3.58. The first kappa shape index (κ1) is 16.5. The number of pyridine rings is 1. The van der Waals surface area contributed by atoms with Crippen LogP contribution in [0.1, 0.15) is 52.5 Å². The molecule has 1 aliphatic heterocycles. The van der Waals surface area contributed by atoms with Crippen LogP contribution in [0.5, 0.6) is 0 Å². The standard InChI is InChI=1S/C19H22N6O/c1-3-9-25-13(2)14(11-23-25)19(26)24-10-7-15-17(22-12-21-15)18(24)16-6-4-5-8-20-16/h4-6,8,11-12,18H,3,7,9-10H2,1-2H3,(H,21,22). The van der Waals surface area contributed by atoms with Gasteiger partial charge in [-0.3, -0.25) is 14.5 Å². The number of H-pyrrole nitrogens is 1. The van der Waals surface area contributed by atoms with E-state index in [1.165, 1.54) is 0 Å². The lowest BCUT2D eigenvalue weighted by Gasteiger charge is -2.34. The molecule has 3 aromatic rings. The van der Waals surface area contributed by atoms with Gasteiger partial charge in [-0.15, -0.1) is 0 Å². The second kappa shape index (κ2) is 6.74. The minimum Gasteiger partial charge on any atom is -0.348 e. The van der Waals surface area contributed by atoms with Crippen LogP contribution in [0.4, 0.5) is 0 Å². The molecule has 0 aliphatic carbocycles. The minimum atomic E-state index is -0.285. The molecule has 4 rings (SSSR count). The van der Waals surface area contributed by atoms with Crippen molar-refractivity contribution in [3.05, 3.63) is 65.3 Å². The maximum atomic E-state index is 13.4. The predicted octanol–water partition coefficient (Wildman–Crippen LogP) is 2.51. The Morgan fingerprint density at radius 2 is 2.23 bits per heavy atom. The van der Waals surface area contributed by atoms with Gasteiger partial charge in [0.15, 0.2) is 0 Å². The van der Waals surface area contributed by atoms with Crippen molar-refractivity contribution >= 4 is 5.91 Å². The van der Waals surface area contributed by atoms with Crippen molar-refractivity contribution < 1.29 is 4.79 Å². The Labute approximate surface area is 152 Å². The lowest BCUT2D eigenvalue weighted by Crippen LogP contribution is -2.41. The van der Waals surface area contributed by atoms with Crippen LogP contribution in [-0.2, 0) is 13.0 Å². The van der Waals surface area contributed by atoms with Gasteiger partial charge in [-0.1, -0.05) is 13.0 Å². The summed E-state index contributed by atoms with van der Waals surface area (Å²) in [6.07, 6.45) is 6.87. The normalized spacial score (nSPS) is 16.5. The highest BCUT2D eigenvalue weighted by atomic mass is 16.2. The second-order valence-corrected chi connectivity index (χ2v) is 6.54. The van der Waals surface area contributed by atoms with Crippen LogP contribution < -0.4 is 0 Å². The summed E-state index contributed by atoms with van der Waals surface area (Å²) in [6, 6.07) is 5.48. The number of carbonyl (C=O) groups excluding carboxylic acids is 1. The Balaban J connectivity index is 1.74. The quantitative estimate of drug-likeness (QED) is 0.784. The maximum Gasteiger partial charge on any atom is 0.258 e. The van der Waals surface area contributed by atoms with Gasteiger partial charge < -0.3 is 9.88 Å². The molecular weight excluding hydrogens is 328 g/mol. The number of fused-ring (bicyclic) bond motifs is 1. The third kappa shape index (κ3) is 2.69. The summed E-state index contributed by atoms with van der Waals surface area (Å²) in [6.45, 7) is 5.49. The fourth-order valence-electron chi connectivity index (χ4n) is 3.58. The van der Waals surface area contributed by atoms with E-state index >= 15 is 0 Å². The first-order valence-electron chi connectivity index (χ1n) is 8.97. The summed E-state index contributed by atoms with van der Waals surface area (Å²) < 4.78 is 1.90. The molecule has 0 radical (unpaired) electrons. The smallest absolute Gasteiger partial charge is 0.258 e. The second-order valence-electron chi connectivity index (χ2n) is 6.54. The van der Waals surface area contributed by atoms with Crippen LogP contribution in [0.15, 0.2) is 36.9 Å². The topological polar surface area (TPSA) is 79.7 Å². The Bertz CT molecular complexity index is 913. The molecule has 26 heavy (non-hydrogen) atoms. The van der Waals surface area contributed by atoms with E-state index < -0.39 is 0 Å². The van der Waals surface area contributed by atoms with Crippen molar-refractivity contribution in [3.8, 4) is 0 Å². The lowest BCUT2D eigenvalue weighted by molar-refractivity contribution is 0.0686. The summed E-state index contributed by atoms with van der Waals surface area (Å²) in [4.78, 5) is 27.4. The van der Waals surface area contributed by atoms with Crippen molar-refractivity contribution in [2.24, 2.45) is 0 Å². The molecule has 1 N–H and O–H groups in total. The van der Waals surface area contributed by atoms with E-state index in [0.717, 1.165) is 42.2 Å². The van der Waals surface area contributed by atoms with Gasteiger partial charge in [-0.25, -0.2) is 4.98 Å². The molecule has 0 aromatic carbocycles. The van der Waals surface area contributed by atoms with E-state index in [2.05, 4.69) is 27.0 Å². The van der Waals surface area contributed by atoms with E-state index in [-0.39, 0.29) is 11.9 Å². The van der Waals surface area contributed by atoms with E-state index in [1.807, 2.05) is 34.7 Å². The largest absolute Gasteiger partial charge is 0.348 e. The number of hydrogen-bond donors (Lipinski definition) is 1. The SMILES string of the molecule is CCCn1ncc(C(=O)N2CCc3[nH]cnc3C2c2ccccn2)c1C. The number of nitrogens with zero attached hydrogens (tertiary/aromatic N) is 5. The summed E-state index contributed by atoms with van der Waals surface area (Å²) >= 11 is 0. The van der Waals surface area contributed by atoms with Crippen molar-refractivity contribution in [1.29, 1.82) is 0 Å². The zero-order valence-electron chi connectivity index (χ0n) is 15.0. The molecule has 3 aromatic heterocycles. The van der Waals surface area contributed by atoms with Gasteiger partial charge in [-0.05, 0) is 25.5 Å². The molecule has 0 saturated carbocycles. The molecule has 7 nitrogen and oxygen atoms in total. The lowest BCUT2D eigenvalue weighted by atomic mass is 9.98. The molecule has 0 bridgehead atoms. The van der Waals surface area contributed by atoms with Crippen molar-refractivity contribution in [2.75, 3.05) is 6.54 Å². The first-order chi connectivity index (χ1) is 12.7. The monoisotopic (exact) mass is 350 g/mol. The number of imidazole rings is 1. The molecule has 0 saturated heterocycles. The molecule has 1 amide bonds. The van der Waals surface area contributed by atoms with Gasteiger partial charge in [0.25, 0.3) is 5.91 Å². The number of carbonyl (C=O) groups is 1. The van der Waals surface area contributed by atoms with Crippen LogP contribution >= 0.6 is 0 Å². The Kier molecular flexibility index (Phi) is 4.28. The van der Waals surface area contributed by atoms with Gasteiger partial charge in [0.1, 0.15) is 6.04 Å². The summed E-state index contributed by atoms with van der Waals surface area (Å²) in [7, 11) is 0. The van der Waals surface area contributed by atoms with Crippen molar-refractivity contribution in [2.45, 2.75) is 39.3 Å². The maximum absolute atomic E-state index is 13.4. The first-order valence-corrected chi connectivity index (χ1v) is 8.97. The molecule has 0 spiro atoms. The molecule has 1 atom stereocenters. The van der Waals surface area contributed by atoms with Gasteiger partial charge in [0, 0.05) is 37.1 Å². The van der Waals surface area contributed by atoms with Crippen LogP contribution in [0.3, 0.4) is 0 Å². The average molecular weight is 350 g/mol. The number of hydrogen-bond acceptors (Lipinski definition) is 4. The molecule has 7 heteroatoms. The van der Waals surface area contributed by atoms with Gasteiger partial charge in [0.2, 0.25) is 0 Å². The third-order valence-electron chi connectivity index (χ3n) is 4.92. The Morgan fingerprint density at radius 1 is 1.35 bits per heavy atom. The summed E-state index contributed by atoms with van der Waals surface area (Å²) in [5, 5.41) is 4.39. The van der Waals surface area contributed by atoms with Crippen LogP contribution in [0.2, 0.25) is 0 Å². The van der Waals surface area contributed by atoms with Gasteiger partial charge in [0.05, 0.1) is 29.5 Å². The molecule has 134 valence electrons. The zero-order chi connectivity index (χ0) is 18.1. The summed E-state index contributed by atoms with van der Waals surface area (Å²) in [5.41, 5.74) is 4.33. The Hall–Kier alpha value is -2.96. The van der Waals surface area contributed by atoms with E-state index in [9.17, 15) is 4.79 Å². The Morgan fingerprint density at radius 3 is 3.00 bits per heavy atom.